The second-order valence-corrected chi connectivity index (χ2v) is 8.67. The Morgan fingerprint density at radius 1 is 1.09 bits per heavy atom. The van der Waals surface area contributed by atoms with Crippen LogP contribution in [0.2, 0.25) is 0 Å². The second-order valence-electron chi connectivity index (χ2n) is 8.67. The summed E-state index contributed by atoms with van der Waals surface area (Å²) < 4.78 is 11.2. The van der Waals surface area contributed by atoms with Crippen LogP contribution in [0.4, 0.5) is 0 Å². The molecule has 1 aliphatic rings. The van der Waals surface area contributed by atoms with Crippen LogP contribution in [0.5, 0.6) is 5.75 Å². The first-order chi connectivity index (χ1) is 15.4. The van der Waals surface area contributed by atoms with Crippen molar-refractivity contribution in [2.75, 3.05) is 20.3 Å². The molecule has 1 aromatic heterocycles. The maximum absolute atomic E-state index is 13.2. The number of fused-ring (bicyclic) bond motifs is 1. The number of nitrogens with zero attached hydrogens (tertiary/aromatic N) is 1. The molecule has 5 heteroatoms. The maximum atomic E-state index is 13.2. The number of rotatable bonds is 8. The SMILES string of the molecule is COc1cccc(-c2[nH]c3ccccc3c2[C@@H]2C(C)=C(C)C(=O)N2CCCOC(C)C)c1. The number of H-pyrrole nitrogens is 1. The van der Waals surface area contributed by atoms with Crippen LogP contribution in [0.15, 0.2) is 59.7 Å². The number of carbonyl (C=O) groups is 1. The minimum atomic E-state index is -0.112. The zero-order valence-electron chi connectivity index (χ0n) is 19.6. The van der Waals surface area contributed by atoms with Crippen LogP contribution in [0.1, 0.15) is 45.7 Å². The highest BCUT2D eigenvalue weighted by Crippen LogP contribution is 2.45. The van der Waals surface area contributed by atoms with E-state index in [1.54, 1.807) is 7.11 Å². The van der Waals surface area contributed by atoms with Gasteiger partial charge >= 0.3 is 0 Å². The molecule has 0 spiro atoms. The summed E-state index contributed by atoms with van der Waals surface area (Å²) in [5.74, 6) is 0.916. The van der Waals surface area contributed by atoms with Crippen LogP contribution in [0, 0.1) is 0 Å². The van der Waals surface area contributed by atoms with E-state index in [1.807, 2.05) is 49.9 Å². The van der Waals surface area contributed by atoms with Gasteiger partial charge in [0.25, 0.3) is 0 Å². The molecule has 1 amide bonds. The van der Waals surface area contributed by atoms with E-state index in [1.165, 1.54) is 0 Å². The van der Waals surface area contributed by atoms with E-state index in [-0.39, 0.29) is 18.1 Å². The predicted molar refractivity (Wildman–Crippen MR) is 129 cm³/mol. The molecule has 2 aromatic carbocycles. The van der Waals surface area contributed by atoms with Crippen molar-refractivity contribution in [3.05, 3.63) is 65.2 Å². The number of aromatic amines is 1. The molecule has 3 aromatic rings. The molecule has 1 atom stereocenters. The van der Waals surface area contributed by atoms with Gasteiger partial charge in [0, 0.05) is 40.8 Å². The molecule has 0 fully saturated rings. The van der Waals surface area contributed by atoms with Gasteiger partial charge in [-0.2, -0.15) is 0 Å². The van der Waals surface area contributed by atoms with Crippen LogP contribution in [0.3, 0.4) is 0 Å². The van der Waals surface area contributed by atoms with Crippen molar-refractivity contribution in [1.29, 1.82) is 0 Å². The van der Waals surface area contributed by atoms with Gasteiger partial charge in [-0.3, -0.25) is 4.79 Å². The first-order valence-electron chi connectivity index (χ1n) is 11.3. The van der Waals surface area contributed by atoms with E-state index >= 15 is 0 Å². The van der Waals surface area contributed by atoms with Gasteiger partial charge in [-0.25, -0.2) is 0 Å². The normalized spacial score (nSPS) is 16.6. The Morgan fingerprint density at radius 3 is 2.62 bits per heavy atom. The lowest BCUT2D eigenvalue weighted by Gasteiger charge is -2.28. The zero-order valence-corrected chi connectivity index (χ0v) is 19.6. The Morgan fingerprint density at radius 2 is 1.88 bits per heavy atom. The number of hydrogen-bond donors (Lipinski definition) is 1. The number of benzene rings is 2. The summed E-state index contributed by atoms with van der Waals surface area (Å²) in [6.45, 7) is 9.39. The van der Waals surface area contributed by atoms with Gasteiger partial charge < -0.3 is 19.4 Å². The van der Waals surface area contributed by atoms with E-state index in [4.69, 9.17) is 9.47 Å². The summed E-state index contributed by atoms with van der Waals surface area (Å²) in [5, 5.41) is 1.14. The van der Waals surface area contributed by atoms with E-state index in [0.717, 1.165) is 51.0 Å². The number of aromatic nitrogens is 1. The average molecular weight is 433 g/mol. The fraction of sp³-hybridized carbons (Fsp3) is 0.370. The highest BCUT2D eigenvalue weighted by atomic mass is 16.5. The van der Waals surface area contributed by atoms with Gasteiger partial charge in [0.1, 0.15) is 5.75 Å². The molecule has 32 heavy (non-hydrogen) atoms. The molecule has 0 unspecified atom stereocenters. The summed E-state index contributed by atoms with van der Waals surface area (Å²) in [7, 11) is 1.68. The topological polar surface area (TPSA) is 54.6 Å². The van der Waals surface area contributed by atoms with Crippen molar-refractivity contribution in [3.63, 3.8) is 0 Å². The Labute approximate surface area is 190 Å². The smallest absolute Gasteiger partial charge is 0.250 e. The van der Waals surface area contributed by atoms with Gasteiger partial charge in [-0.05, 0) is 57.9 Å². The number of ether oxygens (including phenoxy) is 2. The van der Waals surface area contributed by atoms with Gasteiger partial charge in [0.05, 0.1) is 24.9 Å². The molecule has 168 valence electrons. The van der Waals surface area contributed by atoms with Crippen molar-refractivity contribution < 1.29 is 14.3 Å². The maximum Gasteiger partial charge on any atom is 0.250 e. The molecule has 1 aliphatic heterocycles. The summed E-state index contributed by atoms with van der Waals surface area (Å²) >= 11 is 0. The van der Waals surface area contributed by atoms with Crippen molar-refractivity contribution in [3.8, 4) is 17.0 Å². The minimum Gasteiger partial charge on any atom is -0.497 e. The van der Waals surface area contributed by atoms with Crippen LogP contribution < -0.4 is 4.74 Å². The number of carbonyl (C=O) groups excluding carboxylic acids is 1. The first-order valence-corrected chi connectivity index (χ1v) is 11.3. The van der Waals surface area contributed by atoms with Gasteiger partial charge in [-0.1, -0.05) is 30.3 Å². The number of methoxy groups -OCH3 is 1. The fourth-order valence-corrected chi connectivity index (χ4v) is 4.55. The molecule has 0 saturated heterocycles. The molecule has 0 aliphatic carbocycles. The molecule has 4 rings (SSSR count). The Bertz CT molecular complexity index is 1160. The summed E-state index contributed by atoms with van der Waals surface area (Å²) in [6, 6.07) is 16.3. The molecular formula is C27H32N2O3. The average Bonchev–Trinajstić information content (AvgIpc) is 3.27. The first kappa shape index (κ1) is 22.2. The third-order valence-corrected chi connectivity index (χ3v) is 6.27. The molecule has 2 heterocycles. The van der Waals surface area contributed by atoms with Crippen LogP contribution in [0.25, 0.3) is 22.2 Å². The molecule has 5 nitrogen and oxygen atoms in total. The number of hydrogen-bond acceptors (Lipinski definition) is 3. The fourth-order valence-electron chi connectivity index (χ4n) is 4.55. The van der Waals surface area contributed by atoms with Crippen molar-refractivity contribution in [1.82, 2.24) is 9.88 Å². The Kier molecular flexibility index (Phi) is 6.38. The van der Waals surface area contributed by atoms with E-state index in [2.05, 4.69) is 36.2 Å². The van der Waals surface area contributed by atoms with E-state index in [9.17, 15) is 4.79 Å². The van der Waals surface area contributed by atoms with Gasteiger partial charge in [0.2, 0.25) is 5.91 Å². The summed E-state index contributed by atoms with van der Waals surface area (Å²) in [4.78, 5) is 18.9. The number of amides is 1. The van der Waals surface area contributed by atoms with Gasteiger partial charge in [0.15, 0.2) is 0 Å². The lowest BCUT2D eigenvalue weighted by atomic mass is 9.93. The molecule has 0 radical (unpaired) electrons. The molecule has 1 N–H and O–H groups in total. The monoisotopic (exact) mass is 432 g/mol. The van der Waals surface area contributed by atoms with Crippen LogP contribution >= 0.6 is 0 Å². The van der Waals surface area contributed by atoms with Crippen molar-refractivity contribution in [2.24, 2.45) is 0 Å². The second kappa shape index (κ2) is 9.21. The van der Waals surface area contributed by atoms with Crippen molar-refractivity contribution >= 4 is 16.8 Å². The Hall–Kier alpha value is -3.05. The van der Waals surface area contributed by atoms with Gasteiger partial charge in [-0.15, -0.1) is 0 Å². The molecular weight excluding hydrogens is 400 g/mol. The lowest BCUT2D eigenvalue weighted by Crippen LogP contribution is -2.32. The van der Waals surface area contributed by atoms with Crippen molar-refractivity contribution in [2.45, 2.75) is 46.3 Å². The van der Waals surface area contributed by atoms with Crippen LogP contribution in [-0.4, -0.2) is 42.2 Å². The third-order valence-electron chi connectivity index (χ3n) is 6.27. The Balaban J connectivity index is 1.81. The highest BCUT2D eigenvalue weighted by Gasteiger charge is 2.38. The molecule has 0 saturated carbocycles. The standard InChI is InChI=1S/C27H32N2O3/c1-17(2)32-15-9-14-29-26(18(3)19(4)27(29)30)24-22-12-6-7-13-23(22)28-25(24)20-10-8-11-21(16-20)31-5/h6-8,10-13,16-17,26,28H,9,14-15H2,1-5H3/t26-/m0/s1. The summed E-state index contributed by atoms with van der Waals surface area (Å²) in [5.41, 5.74) is 6.22. The van der Waals surface area contributed by atoms with E-state index < -0.39 is 0 Å². The minimum absolute atomic E-state index is 0.110. The number of para-hydroxylation sites is 1. The third kappa shape index (κ3) is 4.05. The zero-order chi connectivity index (χ0) is 22.8. The largest absolute Gasteiger partial charge is 0.497 e. The quantitative estimate of drug-likeness (QED) is 0.452. The van der Waals surface area contributed by atoms with E-state index in [0.29, 0.717) is 13.2 Å². The molecule has 0 bridgehead atoms. The lowest BCUT2D eigenvalue weighted by molar-refractivity contribution is -0.127. The number of nitrogens with one attached hydrogen (secondary N) is 1. The van der Waals surface area contributed by atoms with Crippen LogP contribution in [-0.2, 0) is 9.53 Å². The predicted octanol–water partition coefficient (Wildman–Crippen LogP) is 5.88. The summed E-state index contributed by atoms with van der Waals surface area (Å²) in [6.07, 6.45) is 0.993. The highest BCUT2D eigenvalue weighted by molar-refractivity contribution is 6.00.